The summed E-state index contributed by atoms with van der Waals surface area (Å²) in [5.74, 6) is 1.10. The second kappa shape index (κ2) is 3.75. The predicted molar refractivity (Wildman–Crippen MR) is 65.7 cm³/mol. The van der Waals surface area contributed by atoms with Crippen LogP contribution >= 0.6 is 11.6 Å². The number of aryl methyl sites for hydroxylation is 1. The van der Waals surface area contributed by atoms with Crippen molar-refractivity contribution in [2.45, 2.75) is 18.9 Å². The number of halogens is 1. The van der Waals surface area contributed by atoms with Crippen LogP contribution in [0.5, 0.6) is 0 Å². The van der Waals surface area contributed by atoms with Gasteiger partial charge in [0.25, 0.3) is 0 Å². The standard InChI is InChI=1S/C12H14ClN3/c1-16-11-8(13)4-2-5-9(11)15-12(16)10-6-3-7-14-10/h2,4-5,10,14H,3,6-7H2,1H3/t10-/m0/s1. The van der Waals surface area contributed by atoms with Gasteiger partial charge in [0, 0.05) is 7.05 Å². The number of nitrogens with one attached hydrogen (secondary N) is 1. The summed E-state index contributed by atoms with van der Waals surface area (Å²) in [6.45, 7) is 1.08. The van der Waals surface area contributed by atoms with Crippen LogP contribution in [0.1, 0.15) is 24.7 Å². The minimum Gasteiger partial charge on any atom is -0.329 e. The number of hydrogen-bond donors (Lipinski definition) is 1. The zero-order valence-electron chi connectivity index (χ0n) is 9.20. The van der Waals surface area contributed by atoms with E-state index in [1.54, 1.807) is 0 Å². The highest BCUT2D eigenvalue weighted by atomic mass is 35.5. The number of benzene rings is 1. The quantitative estimate of drug-likeness (QED) is 0.824. The number of imidazole rings is 1. The van der Waals surface area contributed by atoms with Crippen LogP contribution in [-0.4, -0.2) is 16.1 Å². The van der Waals surface area contributed by atoms with Gasteiger partial charge in [-0.2, -0.15) is 0 Å². The van der Waals surface area contributed by atoms with Crippen molar-refractivity contribution < 1.29 is 0 Å². The van der Waals surface area contributed by atoms with Crippen LogP contribution in [-0.2, 0) is 7.05 Å². The summed E-state index contributed by atoms with van der Waals surface area (Å²) in [5.41, 5.74) is 2.02. The Morgan fingerprint density at radius 3 is 3.06 bits per heavy atom. The van der Waals surface area contributed by atoms with Gasteiger partial charge < -0.3 is 9.88 Å². The van der Waals surface area contributed by atoms with E-state index in [-0.39, 0.29) is 0 Å². The van der Waals surface area contributed by atoms with Crippen LogP contribution in [0.4, 0.5) is 0 Å². The summed E-state index contributed by atoms with van der Waals surface area (Å²) >= 11 is 6.20. The van der Waals surface area contributed by atoms with Crippen LogP contribution in [0.15, 0.2) is 18.2 Å². The molecule has 0 saturated carbocycles. The molecule has 1 aromatic carbocycles. The van der Waals surface area contributed by atoms with Crippen LogP contribution in [0, 0.1) is 0 Å². The largest absolute Gasteiger partial charge is 0.329 e. The van der Waals surface area contributed by atoms with Gasteiger partial charge >= 0.3 is 0 Å². The van der Waals surface area contributed by atoms with Crippen molar-refractivity contribution in [1.29, 1.82) is 0 Å². The molecule has 1 fully saturated rings. The molecule has 2 heterocycles. The summed E-state index contributed by atoms with van der Waals surface area (Å²) in [6, 6.07) is 6.26. The lowest BCUT2D eigenvalue weighted by Crippen LogP contribution is -2.16. The molecule has 3 nitrogen and oxygen atoms in total. The number of fused-ring (bicyclic) bond motifs is 1. The zero-order chi connectivity index (χ0) is 11.1. The number of para-hydroxylation sites is 1. The third kappa shape index (κ3) is 1.43. The fourth-order valence-corrected chi connectivity index (χ4v) is 2.75. The van der Waals surface area contributed by atoms with E-state index in [1.165, 1.54) is 6.42 Å². The normalized spacial score (nSPS) is 20.8. The van der Waals surface area contributed by atoms with E-state index in [0.29, 0.717) is 6.04 Å². The van der Waals surface area contributed by atoms with Gasteiger partial charge in [-0.3, -0.25) is 0 Å². The molecule has 16 heavy (non-hydrogen) atoms. The lowest BCUT2D eigenvalue weighted by atomic mass is 10.2. The van der Waals surface area contributed by atoms with Crippen molar-refractivity contribution in [3.05, 3.63) is 29.0 Å². The Morgan fingerprint density at radius 1 is 1.50 bits per heavy atom. The number of hydrogen-bond acceptors (Lipinski definition) is 2. The number of aromatic nitrogens is 2. The molecule has 1 saturated heterocycles. The predicted octanol–water partition coefficient (Wildman–Crippen LogP) is 2.65. The average Bonchev–Trinajstić information content (AvgIpc) is 2.86. The Bertz CT molecular complexity index is 526. The number of rotatable bonds is 1. The molecule has 0 aliphatic carbocycles. The zero-order valence-corrected chi connectivity index (χ0v) is 9.96. The Labute approximate surface area is 99.4 Å². The minimum absolute atomic E-state index is 0.383. The molecule has 2 aromatic rings. The second-order valence-corrected chi connectivity index (χ2v) is 4.69. The maximum Gasteiger partial charge on any atom is 0.126 e. The Morgan fingerprint density at radius 2 is 2.38 bits per heavy atom. The third-order valence-electron chi connectivity index (χ3n) is 3.25. The van der Waals surface area contributed by atoms with Crippen molar-refractivity contribution in [2.24, 2.45) is 7.05 Å². The minimum atomic E-state index is 0.383. The van der Waals surface area contributed by atoms with Gasteiger partial charge in [0.1, 0.15) is 5.82 Å². The lowest BCUT2D eigenvalue weighted by Gasteiger charge is -2.09. The lowest BCUT2D eigenvalue weighted by molar-refractivity contribution is 0.584. The smallest absolute Gasteiger partial charge is 0.126 e. The van der Waals surface area contributed by atoms with Crippen molar-refractivity contribution in [3.8, 4) is 0 Å². The van der Waals surface area contributed by atoms with Crippen molar-refractivity contribution in [3.63, 3.8) is 0 Å². The van der Waals surface area contributed by atoms with Gasteiger partial charge in [0.2, 0.25) is 0 Å². The summed E-state index contributed by atoms with van der Waals surface area (Å²) in [5, 5.41) is 4.24. The third-order valence-corrected chi connectivity index (χ3v) is 3.56. The Kier molecular flexibility index (Phi) is 2.37. The van der Waals surface area contributed by atoms with E-state index >= 15 is 0 Å². The molecule has 4 heteroatoms. The van der Waals surface area contributed by atoms with Crippen LogP contribution in [0.3, 0.4) is 0 Å². The molecule has 3 rings (SSSR count). The molecule has 1 N–H and O–H groups in total. The monoisotopic (exact) mass is 235 g/mol. The van der Waals surface area contributed by atoms with Crippen molar-refractivity contribution in [1.82, 2.24) is 14.9 Å². The second-order valence-electron chi connectivity index (χ2n) is 4.29. The summed E-state index contributed by atoms with van der Waals surface area (Å²) < 4.78 is 2.11. The molecule has 0 bridgehead atoms. The summed E-state index contributed by atoms with van der Waals surface area (Å²) in [4.78, 5) is 4.67. The van der Waals surface area contributed by atoms with Crippen LogP contribution in [0.25, 0.3) is 11.0 Å². The molecule has 0 amide bonds. The highest BCUT2D eigenvalue weighted by Crippen LogP contribution is 2.28. The van der Waals surface area contributed by atoms with Crippen LogP contribution < -0.4 is 5.32 Å². The maximum atomic E-state index is 6.20. The molecule has 1 aromatic heterocycles. The molecular weight excluding hydrogens is 222 g/mol. The van der Waals surface area contributed by atoms with Crippen molar-refractivity contribution >= 4 is 22.6 Å². The van der Waals surface area contributed by atoms with Gasteiger partial charge in [0.05, 0.1) is 22.1 Å². The van der Waals surface area contributed by atoms with Crippen molar-refractivity contribution in [2.75, 3.05) is 6.54 Å². The highest BCUT2D eigenvalue weighted by molar-refractivity contribution is 6.35. The fraction of sp³-hybridized carbons (Fsp3) is 0.417. The van der Waals surface area contributed by atoms with Gasteiger partial charge in [-0.1, -0.05) is 17.7 Å². The van der Waals surface area contributed by atoms with Crippen LogP contribution in [0.2, 0.25) is 5.02 Å². The molecule has 84 valence electrons. The first kappa shape index (κ1) is 10.1. The molecule has 1 aliphatic heterocycles. The SMILES string of the molecule is Cn1c([C@@H]2CCCN2)nc2cccc(Cl)c21. The van der Waals surface area contributed by atoms with E-state index < -0.39 is 0 Å². The first-order valence-corrected chi connectivity index (χ1v) is 5.99. The van der Waals surface area contributed by atoms with Gasteiger partial charge in [-0.05, 0) is 31.5 Å². The van der Waals surface area contributed by atoms with E-state index in [0.717, 1.165) is 34.8 Å². The van der Waals surface area contributed by atoms with Gasteiger partial charge in [-0.25, -0.2) is 4.98 Å². The molecule has 1 atom stereocenters. The first-order valence-electron chi connectivity index (χ1n) is 5.61. The average molecular weight is 236 g/mol. The fourth-order valence-electron chi connectivity index (χ4n) is 2.46. The van der Waals surface area contributed by atoms with E-state index in [9.17, 15) is 0 Å². The highest BCUT2D eigenvalue weighted by Gasteiger charge is 2.22. The molecule has 0 radical (unpaired) electrons. The van der Waals surface area contributed by atoms with Gasteiger partial charge in [-0.15, -0.1) is 0 Å². The van der Waals surface area contributed by atoms with E-state index in [2.05, 4.69) is 14.9 Å². The molecular formula is C12H14ClN3. The summed E-state index contributed by atoms with van der Waals surface area (Å²) in [6.07, 6.45) is 2.39. The van der Waals surface area contributed by atoms with E-state index in [1.807, 2.05) is 25.2 Å². The molecule has 0 unspecified atom stereocenters. The maximum absolute atomic E-state index is 6.20. The number of nitrogens with zero attached hydrogens (tertiary/aromatic N) is 2. The Balaban J connectivity index is 2.19. The van der Waals surface area contributed by atoms with Gasteiger partial charge in [0.15, 0.2) is 0 Å². The molecule has 1 aliphatic rings. The molecule has 0 spiro atoms. The summed E-state index contributed by atoms with van der Waals surface area (Å²) in [7, 11) is 2.04. The van der Waals surface area contributed by atoms with E-state index in [4.69, 9.17) is 11.6 Å². The Hall–Kier alpha value is -1.06. The first-order chi connectivity index (χ1) is 7.77. The topological polar surface area (TPSA) is 29.9 Å².